The number of nitro groups is 1. The van der Waals surface area contributed by atoms with Gasteiger partial charge in [-0.3, -0.25) is 10.1 Å². The molecule has 2 aromatic carbocycles. The van der Waals surface area contributed by atoms with Crippen LogP contribution in [0.15, 0.2) is 48.8 Å². The fourth-order valence-corrected chi connectivity index (χ4v) is 2.53. The lowest BCUT2D eigenvalue weighted by atomic mass is 10.2. The van der Waals surface area contributed by atoms with Crippen LogP contribution in [0.2, 0.25) is 5.02 Å². The zero-order chi connectivity index (χ0) is 19.4. The van der Waals surface area contributed by atoms with Crippen LogP contribution in [0.4, 0.5) is 17.2 Å². The summed E-state index contributed by atoms with van der Waals surface area (Å²) in [4.78, 5) is 19.0. The van der Waals surface area contributed by atoms with E-state index in [4.69, 9.17) is 21.1 Å². The number of para-hydroxylation sites is 2. The zero-order valence-corrected chi connectivity index (χ0v) is 15.2. The smallest absolute Gasteiger partial charge is 0.373 e. The number of aryl methyl sites for hydroxylation is 1. The maximum Gasteiger partial charge on any atom is 0.373 e. The molecule has 0 unspecified atom stereocenters. The van der Waals surface area contributed by atoms with Crippen molar-refractivity contribution in [2.75, 3.05) is 12.4 Å². The maximum atomic E-state index is 11.7. The highest BCUT2D eigenvalue weighted by Gasteiger charge is 2.26. The Morgan fingerprint density at radius 2 is 1.89 bits per heavy atom. The van der Waals surface area contributed by atoms with Crippen molar-refractivity contribution in [2.24, 2.45) is 0 Å². The van der Waals surface area contributed by atoms with Crippen LogP contribution in [0.5, 0.6) is 17.4 Å². The highest BCUT2D eigenvalue weighted by molar-refractivity contribution is 6.30. The van der Waals surface area contributed by atoms with Crippen LogP contribution in [0.3, 0.4) is 0 Å². The standard InChI is InChI=1S/C18H15ClN4O4/c1-11-7-8-12(19)9-13(11)22-17-16(23(24)25)18(21-10-20-17)27-15-6-4-3-5-14(15)26-2/h3-10H,1-2H3,(H,20,21,22). The van der Waals surface area contributed by atoms with Gasteiger partial charge in [-0.05, 0) is 36.8 Å². The second-order valence-corrected chi connectivity index (χ2v) is 5.91. The second kappa shape index (κ2) is 7.88. The fourth-order valence-electron chi connectivity index (χ4n) is 2.36. The summed E-state index contributed by atoms with van der Waals surface area (Å²) in [6.07, 6.45) is 1.18. The number of hydrogen-bond donors (Lipinski definition) is 1. The highest BCUT2D eigenvalue weighted by Crippen LogP contribution is 2.38. The van der Waals surface area contributed by atoms with Crippen LogP contribution in [-0.2, 0) is 0 Å². The van der Waals surface area contributed by atoms with Crippen molar-refractivity contribution in [1.82, 2.24) is 9.97 Å². The molecule has 0 aliphatic heterocycles. The minimum atomic E-state index is -0.604. The van der Waals surface area contributed by atoms with E-state index in [1.165, 1.54) is 13.4 Å². The lowest BCUT2D eigenvalue weighted by molar-refractivity contribution is -0.385. The Kier molecular flexibility index (Phi) is 5.37. The normalized spacial score (nSPS) is 10.3. The Labute approximate surface area is 159 Å². The van der Waals surface area contributed by atoms with Crippen LogP contribution in [-0.4, -0.2) is 22.0 Å². The number of aromatic nitrogens is 2. The first kappa shape index (κ1) is 18.4. The predicted molar refractivity (Wildman–Crippen MR) is 101 cm³/mol. The monoisotopic (exact) mass is 386 g/mol. The van der Waals surface area contributed by atoms with Crippen LogP contribution in [0, 0.1) is 17.0 Å². The third-order valence-corrected chi connectivity index (χ3v) is 3.93. The largest absolute Gasteiger partial charge is 0.493 e. The molecule has 1 aromatic heterocycles. The minimum absolute atomic E-state index is 0.00901. The molecule has 0 saturated carbocycles. The van der Waals surface area contributed by atoms with Gasteiger partial charge in [0.2, 0.25) is 5.82 Å². The van der Waals surface area contributed by atoms with Gasteiger partial charge in [-0.25, -0.2) is 4.98 Å². The SMILES string of the molecule is COc1ccccc1Oc1ncnc(Nc2cc(Cl)ccc2C)c1[N+](=O)[O-]. The Morgan fingerprint density at radius 1 is 1.15 bits per heavy atom. The van der Waals surface area contributed by atoms with Crippen molar-refractivity contribution in [3.63, 3.8) is 0 Å². The number of rotatable bonds is 6. The topological polar surface area (TPSA) is 99.4 Å². The maximum absolute atomic E-state index is 11.7. The van der Waals surface area contributed by atoms with Crippen molar-refractivity contribution in [1.29, 1.82) is 0 Å². The van der Waals surface area contributed by atoms with Gasteiger partial charge in [0.1, 0.15) is 6.33 Å². The van der Waals surface area contributed by atoms with Crippen molar-refractivity contribution in [3.8, 4) is 17.4 Å². The van der Waals surface area contributed by atoms with Crippen molar-refractivity contribution < 1.29 is 14.4 Å². The summed E-state index contributed by atoms with van der Waals surface area (Å²) in [6, 6.07) is 12.0. The number of hydrogen-bond acceptors (Lipinski definition) is 7. The lowest BCUT2D eigenvalue weighted by Crippen LogP contribution is -2.04. The minimum Gasteiger partial charge on any atom is -0.493 e. The Morgan fingerprint density at radius 3 is 2.59 bits per heavy atom. The molecule has 8 nitrogen and oxygen atoms in total. The number of nitrogens with zero attached hydrogens (tertiary/aromatic N) is 3. The Bertz CT molecular complexity index is 997. The van der Waals surface area contributed by atoms with E-state index in [2.05, 4.69) is 15.3 Å². The number of nitrogens with one attached hydrogen (secondary N) is 1. The van der Waals surface area contributed by atoms with E-state index >= 15 is 0 Å². The molecular formula is C18H15ClN4O4. The van der Waals surface area contributed by atoms with Crippen LogP contribution < -0.4 is 14.8 Å². The number of methoxy groups -OCH3 is 1. The average molecular weight is 387 g/mol. The second-order valence-electron chi connectivity index (χ2n) is 5.47. The molecule has 0 aliphatic carbocycles. The number of benzene rings is 2. The Balaban J connectivity index is 2.03. The van der Waals surface area contributed by atoms with Gasteiger partial charge in [-0.1, -0.05) is 29.8 Å². The average Bonchev–Trinajstić information content (AvgIpc) is 2.65. The Hall–Kier alpha value is -3.39. The fraction of sp³-hybridized carbons (Fsp3) is 0.111. The first-order valence-corrected chi connectivity index (χ1v) is 8.21. The van der Waals surface area contributed by atoms with Crippen LogP contribution >= 0.6 is 11.6 Å². The predicted octanol–water partition coefficient (Wildman–Crippen LogP) is 4.89. The molecule has 0 bridgehead atoms. The zero-order valence-electron chi connectivity index (χ0n) is 14.5. The van der Waals surface area contributed by atoms with E-state index in [-0.39, 0.29) is 11.7 Å². The van der Waals surface area contributed by atoms with Gasteiger partial charge in [-0.15, -0.1) is 0 Å². The molecule has 0 fully saturated rings. The van der Waals surface area contributed by atoms with E-state index in [0.29, 0.717) is 22.2 Å². The van der Waals surface area contributed by atoms with E-state index in [9.17, 15) is 10.1 Å². The molecule has 1 heterocycles. The molecular weight excluding hydrogens is 372 g/mol. The third-order valence-electron chi connectivity index (χ3n) is 3.70. The molecule has 0 radical (unpaired) electrons. The van der Waals surface area contributed by atoms with Gasteiger partial charge in [0.25, 0.3) is 0 Å². The number of halogens is 1. The number of anilines is 2. The third kappa shape index (κ3) is 4.06. The summed E-state index contributed by atoms with van der Waals surface area (Å²) in [7, 11) is 1.48. The van der Waals surface area contributed by atoms with Crippen molar-refractivity contribution >= 4 is 28.8 Å². The summed E-state index contributed by atoms with van der Waals surface area (Å²) in [5.74, 6) is 0.504. The molecule has 0 spiro atoms. The summed E-state index contributed by atoms with van der Waals surface area (Å²) in [6.45, 7) is 1.85. The van der Waals surface area contributed by atoms with E-state index < -0.39 is 10.6 Å². The molecule has 3 rings (SSSR count). The van der Waals surface area contributed by atoms with Crippen LogP contribution in [0.25, 0.3) is 0 Å². The first-order chi connectivity index (χ1) is 13.0. The summed E-state index contributed by atoms with van der Waals surface area (Å²) in [5, 5.41) is 15.1. The quantitative estimate of drug-likeness (QED) is 0.475. The summed E-state index contributed by atoms with van der Waals surface area (Å²) < 4.78 is 10.8. The van der Waals surface area contributed by atoms with Crippen molar-refractivity contribution in [2.45, 2.75) is 6.92 Å². The molecule has 0 aliphatic rings. The first-order valence-electron chi connectivity index (χ1n) is 7.83. The molecule has 0 saturated heterocycles. The van der Waals surface area contributed by atoms with Gasteiger partial charge in [-0.2, -0.15) is 4.98 Å². The van der Waals surface area contributed by atoms with E-state index in [1.807, 2.05) is 6.92 Å². The van der Waals surface area contributed by atoms with E-state index in [1.54, 1.807) is 42.5 Å². The molecule has 1 N–H and O–H groups in total. The van der Waals surface area contributed by atoms with Crippen LogP contribution in [0.1, 0.15) is 5.56 Å². The molecule has 9 heteroatoms. The number of ether oxygens (including phenoxy) is 2. The highest BCUT2D eigenvalue weighted by atomic mass is 35.5. The van der Waals surface area contributed by atoms with Gasteiger partial charge in [0, 0.05) is 10.7 Å². The van der Waals surface area contributed by atoms with E-state index in [0.717, 1.165) is 5.56 Å². The van der Waals surface area contributed by atoms with Gasteiger partial charge in [0.15, 0.2) is 11.5 Å². The molecule has 0 amide bonds. The van der Waals surface area contributed by atoms with Gasteiger partial charge < -0.3 is 14.8 Å². The molecule has 0 atom stereocenters. The lowest BCUT2D eigenvalue weighted by Gasteiger charge is -2.12. The summed E-state index contributed by atoms with van der Waals surface area (Å²) in [5.41, 5.74) is 1.04. The van der Waals surface area contributed by atoms with Crippen molar-refractivity contribution in [3.05, 3.63) is 69.5 Å². The summed E-state index contributed by atoms with van der Waals surface area (Å²) >= 11 is 6.01. The molecule has 3 aromatic rings. The van der Waals surface area contributed by atoms with Gasteiger partial charge in [0.05, 0.1) is 12.0 Å². The van der Waals surface area contributed by atoms with Gasteiger partial charge >= 0.3 is 11.6 Å². The molecule has 138 valence electrons. The molecule has 27 heavy (non-hydrogen) atoms.